The standard InChI is InChI=1S/C5H11NO3.HI/c1-6(2,3-4-7)5(8)9;/h7H,3-4H2,1-2H3;1H. The Morgan fingerprint density at radius 1 is 1.50 bits per heavy atom. The van der Waals surface area contributed by atoms with Gasteiger partial charge in [-0.3, -0.25) is 0 Å². The number of hydrogen-bond donors (Lipinski definition) is 2. The van der Waals surface area contributed by atoms with Crippen LogP contribution in [0.1, 0.15) is 0 Å². The fourth-order valence-electron chi connectivity index (χ4n) is 0.346. The van der Waals surface area contributed by atoms with E-state index < -0.39 is 6.09 Å². The molecule has 0 rings (SSSR count). The van der Waals surface area contributed by atoms with Gasteiger partial charge in [-0.2, -0.15) is 4.79 Å². The smallest absolute Gasteiger partial charge is 0.513 e. The van der Waals surface area contributed by atoms with E-state index in [0.717, 1.165) is 0 Å². The highest BCUT2D eigenvalue weighted by atomic mass is 127. The molecule has 10 heavy (non-hydrogen) atoms. The molecule has 0 unspecified atom stereocenters. The number of nitrogens with zero attached hydrogens (tertiary/aromatic N) is 1. The van der Waals surface area contributed by atoms with Gasteiger partial charge in [-0.1, -0.05) is 0 Å². The number of likely N-dealkylation sites (N-methyl/N-ethyl adjacent to an activating group) is 1. The Kier molecular flexibility index (Phi) is 6.21. The van der Waals surface area contributed by atoms with Crippen molar-refractivity contribution < 1.29 is 43.5 Å². The number of carboxylic acid groups (broad SMARTS) is 1. The van der Waals surface area contributed by atoms with E-state index >= 15 is 0 Å². The molecule has 2 N–H and O–H groups in total. The predicted octanol–water partition coefficient (Wildman–Crippen LogP) is -3.26. The van der Waals surface area contributed by atoms with Gasteiger partial charge >= 0.3 is 6.09 Å². The molecule has 0 saturated carbocycles. The summed E-state index contributed by atoms with van der Waals surface area (Å²) in [6.07, 6.45) is -0.927. The summed E-state index contributed by atoms with van der Waals surface area (Å²) in [7, 11) is 3.05. The van der Waals surface area contributed by atoms with Crippen LogP contribution in [0.4, 0.5) is 4.79 Å². The summed E-state index contributed by atoms with van der Waals surface area (Å²) in [6, 6.07) is 0. The van der Waals surface area contributed by atoms with Crippen LogP contribution in [0.15, 0.2) is 0 Å². The second-order valence-corrected chi connectivity index (χ2v) is 2.41. The number of aliphatic hydroxyl groups is 1. The number of carbonyl (C=O) groups is 1. The first kappa shape index (κ1) is 12.8. The molecule has 0 fully saturated rings. The molecular formula is C5H12INO3. The maximum Gasteiger partial charge on any atom is 0.513 e. The van der Waals surface area contributed by atoms with E-state index in [1.807, 2.05) is 0 Å². The van der Waals surface area contributed by atoms with Crippen LogP contribution >= 0.6 is 0 Å². The Labute approximate surface area is 77.1 Å². The molecule has 1 amide bonds. The van der Waals surface area contributed by atoms with Crippen molar-refractivity contribution >= 4 is 6.09 Å². The van der Waals surface area contributed by atoms with Crippen LogP contribution in [-0.4, -0.2) is 48.0 Å². The van der Waals surface area contributed by atoms with E-state index in [-0.39, 0.29) is 41.6 Å². The van der Waals surface area contributed by atoms with E-state index in [0.29, 0.717) is 0 Å². The highest BCUT2D eigenvalue weighted by Crippen LogP contribution is 1.94. The predicted molar refractivity (Wildman–Crippen MR) is 32.1 cm³/mol. The zero-order valence-electron chi connectivity index (χ0n) is 6.04. The molecule has 0 aromatic carbocycles. The number of quaternary nitrogens is 1. The van der Waals surface area contributed by atoms with E-state index in [9.17, 15) is 4.79 Å². The molecule has 0 spiro atoms. The summed E-state index contributed by atoms with van der Waals surface area (Å²) in [6.45, 7) is 0.147. The maximum absolute atomic E-state index is 10.3. The maximum atomic E-state index is 10.3. The Hall–Kier alpha value is 0.120. The van der Waals surface area contributed by atoms with Gasteiger partial charge in [0.1, 0.15) is 6.54 Å². The van der Waals surface area contributed by atoms with Gasteiger partial charge in [0.05, 0.1) is 20.7 Å². The molecule has 4 nitrogen and oxygen atoms in total. The zero-order valence-corrected chi connectivity index (χ0v) is 8.20. The van der Waals surface area contributed by atoms with Crippen LogP contribution in [-0.2, 0) is 0 Å². The van der Waals surface area contributed by atoms with Crippen molar-refractivity contribution in [2.75, 3.05) is 27.2 Å². The van der Waals surface area contributed by atoms with Gasteiger partial charge < -0.3 is 34.2 Å². The lowest BCUT2D eigenvalue weighted by Crippen LogP contribution is -3.00. The molecule has 0 atom stereocenters. The van der Waals surface area contributed by atoms with E-state index in [1.54, 1.807) is 0 Å². The second-order valence-electron chi connectivity index (χ2n) is 2.41. The first-order valence-electron chi connectivity index (χ1n) is 2.68. The minimum atomic E-state index is -0.927. The van der Waals surface area contributed by atoms with Crippen molar-refractivity contribution in [2.45, 2.75) is 0 Å². The third-order valence-corrected chi connectivity index (χ3v) is 1.18. The monoisotopic (exact) mass is 261 g/mol. The number of halogens is 1. The van der Waals surface area contributed by atoms with E-state index in [4.69, 9.17) is 10.2 Å². The first-order valence-corrected chi connectivity index (χ1v) is 2.68. The second kappa shape index (κ2) is 4.86. The van der Waals surface area contributed by atoms with Gasteiger partial charge in [-0.05, 0) is 0 Å². The molecule has 0 aliphatic carbocycles. The number of amides is 1. The lowest BCUT2D eigenvalue weighted by molar-refractivity contribution is -0.817. The fourth-order valence-corrected chi connectivity index (χ4v) is 0.346. The molecule has 0 radical (unpaired) electrons. The molecule has 0 aliphatic heterocycles. The normalized spacial score (nSPS) is 10.3. The van der Waals surface area contributed by atoms with Crippen LogP contribution in [0.25, 0.3) is 0 Å². The van der Waals surface area contributed by atoms with Gasteiger partial charge in [0.15, 0.2) is 0 Å². The van der Waals surface area contributed by atoms with Crippen LogP contribution in [0.5, 0.6) is 0 Å². The van der Waals surface area contributed by atoms with Crippen molar-refractivity contribution in [3.05, 3.63) is 0 Å². The number of aliphatic hydroxyl groups excluding tert-OH is 1. The zero-order chi connectivity index (χ0) is 7.49. The SMILES string of the molecule is C[N+](C)(CCO)C(=O)O.[I-]. The summed E-state index contributed by atoms with van der Waals surface area (Å²) < 4.78 is -0.184. The summed E-state index contributed by atoms with van der Waals surface area (Å²) >= 11 is 0. The summed E-state index contributed by atoms with van der Waals surface area (Å²) in [4.78, 5) is 10.3. The van der Waals surface area contributed by atoms with Gasteiger partial charge in [0.2, 0.25) is 0 Å². The van der Waals surface area contributed by atoms with Gasteiger partial charge in [0.25, 0.3) is 0 Å². The molecule has 0 aliphatic rings. The van der Waals surface area contributed by atoms with Gasteiger partial charge in [-0.25, -0.2) is 4.48 Å². The third kappa shape index (κ3) is 4.02. The average Bonchev–Trinajstić information content (AvgIpc) is 1.65. The van der Waals surface area contributed by atoms with Crippen molar-refractivity contribution in [3.8, 4) is 0 Å². The molecule has 0 aromatic heterocycles. The first-order chi connectivity index (χ1) is 4.00. The Morgan fingerprint density at radius 3 is 2.00 bits per heavy atom. The highest BCUT2D eigenvalue weighted by Gasteiger charge is 2.23. The van der Waals surface area contributed by atoms with E-state index in [1.165, 1.54) is 14.1 Å². The third-order valence-electron chi connectivity index (χ3n) is 1.18. The van der Waals surface area contributed by atoms with Crippen LogP contribution in [0.3, 0.4) is 0 Å². The molecule has 0 heterocycles. The Balaban J connectivity index is 0. The number of rotatable bonds is 2. The molecule has 62 valence electrons. The summed E-state index contributed by atoms with van der Waals surface area (Å²) in [5.41, 5.74) is 0. The Bertz CT molecular complexity index is 115. The molecule has 5 heteroatoms. The molecule has 0 aromatic rings. The summed E-state index contributed by atoms with van der Waals surface area (Å²) in [5.74, 6) is 0. The molecular weight excluding hydrogens is 249 g/mol. The largest absolute Gasteiger partial charge is 1.00 e. The average molecular weight is 261 g/mol. The minimum Gasteiger partial charge on any atom is -1.00 e. The Morgan fingerprint density at radius 2 is 1.90 bits per heavy atom. The van der Waals surface area contributed by atoms with Crippen LogP contribution in [0, 0.1) is 0 Å². The highest BCUT2D eigenvalue weighted by molar-refractivity contribution is 5.56. The number of hydrogen-bond acceptors (Lipinski definition) is 2. The fraction of sp³-hybridized carbons (Fsp3) is 0.800. The van der Waals surface area contributed by atoms with Crippen molar-refractivity contribution in [3.63, 3.8) is 0 Å². The minimum absolute atomic E-state index is 0. The molecule has 0 saturated heterocycles. The van der Waals surface area contributed by atoms with Crippen molar-refractivity contribution in [2.24, 2.45) is 0 Å². The van der Waals surface area contributed by atoms with Crippen LogP contribution < -0.4 is 24.0 Å². The van der Waals surface area contributed by atoms with Crippen molar-refractivity contribution in [1.82, 2.24) is 0 Å². The summed E-state index contributed by atoms with van der Waals surface area (Å²) in [5, 5.41) is 16.8. The topological polar surface area (TPSA) is 57.5 Å². The van der Waals surface area contributed by atoms with Crippen molar-refractivity contribution in [1.29, 1.82) is 0 Å². The van der Waals surface area contributed by atoms with E-state index in [2.05, 4.69) is 0 Å². The quantitative estimate of drug-likeness (QED) is 0.405. The molecule has 0 bridgehead atoms. The van der Waals surface area contributed by atoms with Gasteiger partial charge in [0, 0.05) is 0 Å². The van der Waals surface area contributed by atoms with Gasteiger partial charge in [-0.15, -0.1) is 0 Å². The lowest BCUT2D eigenvalue weighted by atomic mass is 10.5. The lowest BCUT2D eigenvalue weighted by Gasteiger charge is -2.20. The van der Waals surface area contributed by atoms with Crippen LogP contribution in [0.2, 0.25) is 0 Å².